The van der Waals surface area contributed by atoms with E-state index in [1.807, 2.05) is 0 Å². The number of aliphatic hydroxyl groups excluding tert-OH is 3. The Morgan fingerprint density at radius 3 is 2.59 bits per heavy atom. The molecule has 1 amide bonds. The number of hydrogen-bond donors (Lipinski definition) is 4. The van der Waals surface area contributed by atoms with Crippen LogP contribution in [0.25, 0.3) is 0 Å². The summed E-state index contributed by atoms with van der Waals surface area (Å²) in [4.78, 5) is 10.8. The number of carbonyl (C=O) groups is 1. The van der Waals surface area contributed by atoms with Gasteiger partial charge in [-0.3, -0.25) is 4.79 Å². The van der Waals surface area contributed by atoms with E-state index in [4.69, 9.17) is 15.6 Å². The molecule has 1 rings (SSSR count). The Morgan fingerprint density at radius 2 is 2.12 bits per heavy atom. The fraction of sp³-hybridized carbons (Fsp3) is 0.364. The standard InChI is InChI=1S/C11H15NO5/c1-17-8-3-2-6(5-13)4-7(8)9(14)10(15)11(12)16/h2-4,9-10,13-15H,5H2,1H3,(H2,12,16). The molecule has 0 saturated carbocycles. The number of primary amides is 1. The summed E-state index contributed by atoms with van der Waals surface area (Å²) in [5, 5.41) is 28.1. The molecule has 0 heterocycles. The monoisotopic (exact) mass is 241 g/mol. The van der Waals surface area contributed by atoms with Crippen LogP contribution >= 0.6 is 0 Å². The molecule has 2 atom stereocenters. The van der Waals surface area contributed by atoms with Gasteiger partial charge in [0.05, 0.1) is 13.7 Å². The van der Waals surface area contributed by atoms with Gasteiger partial charge in [-0.25, -0.2) is 0 Å². The second kappa shape index (κ2) is 5.62. The molecule has 0 bridgehead atoms. The van der Waals surface area contributed by atoms with Crippen LogP contribution in [0.1, 0.15) is 17.2 Å². The number of ether oxygens (including phenoxy) is 1. The average molecular weight is 241 g/mol. The Hall–Kier alpha value is -1.63. The maximum atomic E-state index is 10.8. The smallest absolute Gasteiger partial charge is 0.249 e. The highest BCUT2D eigenvalue weighted by Gasteiger charge is 2.26. The minimum atomic E-state index is -1.72. The van der Waals surface area contributed by atoms with Gasteiger partial charge in [0, 0.05) is 5.56 Å². The lowest BCUT2D eigenvalue weighted by Gasteiger charge is -2.18. The SMILES string of the molecule is COc1ccc(CO)cc1C(O)C(O)C(N)=O. The first kappa shape index (κ1) is 13.4. The van der Waals surface area contributed by atoms with E-state index in [-0.39, 0.29) is 12.2 Å². The summed E-state index contributed by atoms with van der Waals surface area (Å²) in [5.41, 5.74) is 5.62. The fourth-order valence-electron chi connectivity index (χ4n) is 1.44. The molecule has 0 saturated heterocycles. The number of benzene rings is 1. The van der Waals surface area contributed by atoms with Gasteiger partial charge in [-0.05, 0) is 17.7 Å². The Kier molecular flexibility index (Phi) is 4.45. The third kappa shape index (κ3) is 2.94. The van der Waals surface area contributed by atoms with Crippen LogP contribution in [0.4, 0.5) is 0 Å². The number of aliphatic hydroxyl groups is 3. The van der Waals surface area contributed by atoms with Crippen molar-refractivity contribution in [1.82, 2.24) is 0 Å². The van der Waals surface area contributed by atoms with E-state index < -0.39 is 18.1 Å². The first-order valence-corrected chi connectivity index (χ1v) is 4.94. The van der Waals surface area contributed by atoms with Gasteiger partial charge in [0.2, 0.25) is 5.91 Å². The summed E-state index contributed by atoms with van der Waals surface area (Å²) in [7, 11) is 1.39. The molecule has 0 aliphatic carbocycles. The van der Waals surface area contributed by atoms with E-state index >= 15 is 0 Å². The number of nitrogens with two attached hydrogens (primary N) is 1. The first-order chi connectivity index (χ1) is 8.01. The second-order valence-electron chi connectivity index (χ2n) is 3.53. The van der Waals surface area contributed by atoms with Gasteiger partial charge in [-0.15, -0.1) is 0 Å². The van der Waals surface area contributed by atoms with E-state index in [9.17, 15) is 15.0 Å². The van der Waals surface area contributed by atoms with Gasteiger partial charge in [-0.1, -0.05) is 6.07 Å². The number of hydrogen-bond acceptors (Lipinski definition) is 5. The molecular formula is C11H15NO5. The summed E-state index contributed by atoms with van der Waals surface area (Å²) in [6, 6.07) is 4.57. The third-order valence-corrected chi connectivity index (χ3v) is 2.39. The van der Waals surface area contributed by atoms with Crippen molar-refractivity contribution in [3.63, 3.8) is 0 Å². The van der Waals surface area contributed by atoms with Gasteiger partial charge in [0.15, 0.2) is 6.10 Å². The molecule has 94 valence electrons. The predicted octanol–water partition coefficient (Wildman–Crippen LogP) is -0.933. The maximum Gasteiger partial charge on any atom is 0.249 e. The zero-order valence-corrected chi connectivity index (χ0v) is 9.33. The second-order valence-corrected chi connectivity index (χ2v) is 3.53. The Bertz CT molecular complexity index is 407. The molecule has 2 unspecified atom stereocenters. The maximum absolute atomic E-state index is 10.8. The van der Waals surface area contributed by atoms with Gasteiger partial charge in [-0.2, -0.15) is 0 Å². The highest BCUT2D eigenvalue weighted by Crippen LogP contribution is 2.28. The lowest BCUT2D eigenvalue weighted by molar-refractivity contribution is -0.132. The van der Waals surface area contributed by atoms with Crippen molar-refractivity contribution in [2.75, 3.05) is 7.11 Å². The summed E-state index contributed by atoms with van der Waals surface area (Å²) in [6.07, 6.45) is -3.22. The third-order valence-electron chi connectivity index (χ3n) is 2.39. The van der Waals surface area contributed by atoms with Gasteiger partial charge in [0.25, 0.3) is 0 Å². The summed E-state index contributed by atoms with van der Waals surface area (Å²) in [5.74, 6) is -0.732. The summed E-state index contributed by atoms with van der Waals surface area (Å²) < 4.78 is 4.99. The van der Waals surface area contributed by atoms with Crippen LogP contribution in [0.15, 0.2) is 18.2 Å². The molecule has 5 N–H and O–H groups in total. The molecular weight excluding hydrogens is 226 g/mol. The van der Waals surface area contributed by atoms with Gasteiger partial charge in [0.1, 0.15) is 11.9 Å². The number of methoxy groups -OCH3 is 1. The molecule has 0 aliphatic rings. The number of rotatable bonds is 5. The average Bonchev–Trinajstić information content (AvgIpc) is 2.35. The van der Waals surface area contributed by atoms with Crippen molar-refractivity contribution >= 4 is 5.91 Å². The molecule has 0 aromatic heterocycles. The molecule has 17 heavy (non-hydrogen) atoms. The lowest BCUT2D eigenvalue weighted by atomic mass is 10.0. The van der Waals surface area contributed by atoms with Crippen LogP contribution in [-0.4, -0.2) is 34.4 Å². The highest BCUT2D eigenvalue weighted by molar-refractivity contribution is 5.79. The van der Waals surface area contributed by atoms with Crippen molar-refractivity contribution in [3.05, 3.63) is 29.3 Å². The Balaban J connectivity index is 3.13. The minimum absolute atomic E-state index is 0.199. The van der Waals surface area contributed by atoms with Crippen LogP contribution in [0.3, 0.4) is 0 Å². The van der Waals surface area contributed by atoms with Crippen LogP contribution in [0, 0.1) is 0 Å². The minimum Gasteiger partial charge on any atom is -0.496 e. The summed E-state index contributed by atoms with van der Waals surface area (Å²) in [6.45, 7) is -0.226. The number of amides is 1. The predicted molar refractivity (Wildman–Crippen MR) is 59.1 cm³/mol. The fourth-order valence-corrected chi connectivity index (χ4v) is 1.44. The van der Waals surface area contributed by atoms with Crippen molar-refractivity contribution in [1.29, 1.82) is 0 Å². The topological polar surface area (TPSA) is 113 Å². The van der Waals surface area contributed by atoms with E-state index in [1.54, 1.807) is 6.07 Å². The van der Waals surface area contributed by atoms with Gasteiger partial charge < -0.3 is 25.8 Å². The van der Waals surface area contributed by atoms with Crippen LogP contribution in [-0.2, 0) is 11.4 Å². The van der Waals surface area contributed by atoms with E-state index in [2.05, 4.69) is 0 Å². The molecule has 0 radical (unpaired) electrons. The summed E-state index contributed by atoms with van der Waals surface area (Å²) >= 11 is 0. The molecule has 6 nitrogen and oxygen atoms in total. The van der Waals surface area contributed by atoms with Crippen molar-refractivity contribution in [2.24, 2.45) is 5.73 Å². The molecule has 1 aromatic rings. The normalized spacial score (nSPS) is 14.1. The molecule has 6 heteroatoms. The van der Waals surface area contributed by atoms with Crippen molar-refractivity contribution in [2.45, 2.75) is 18.8 Å². The first-order valence-electron chi connectivity index (χ1n) is 4.94. The van der Waals surface area contributed by atoms with E-state index in [0.717, 1.165) is 0 Å². The van der Waals surface area contributed by atoms with Crippen LogP contribution in [0.5, 0.6) is 5.75 Å². The van der Waals surface area contributed by atoms with Crippen LogP contribution in [0.2, 0.25) is 0 Å². The van der Waals surface area contributed by atoms with E-state index in [0.29, 0.717) is 11.3 Å². The number of carbonyl (C=O) groups excluding carboxylic acids is 1. The zero-order chi connectivity index (χ0) is 13.0. The Morgan fingerprint density at radius 1 is 1.47 bits per heavy atom. The zero-order valence-electron chi connectivity index (χ0n) is 9.33. The molecule has 0 fully saturated rings. The lowest BCUT2D eigenvalue weighted by Crippen LogP contribution is -2.34. The van der Waals surface area contributed by atoms with Crippen molar-refractivity contribution in [3.8, 4) is 5.75 Å². The largest absolute Gasteiger partial charge is 0.496 e. The molecule has 0 aliphatic heterocycles. The van der Waals surface area contributed by atoms with Crippen LogP contribution < -0.4 is 10.5 Å². The van der Waals surface area contributed by atoms with E-state index in [1.165, 1.54) is 19.2 Å². The molecule has 1 aromatic carbocycles. The quantitative estimate of drug-likeness (QED) is 0.532. The molecule has 0 spiro atoms. The highest BCUT2D eigenvalue weighted by atomic mass is 16.5. The Labute approximate surface area is 98.3 Å². The van der Waals surface area contributed by atoms with Gasteiger partial charge >= 0.3 is 0 Å². The van der Waals surface area contributed by atoms with Crippen molar-refractivity contribution < 1.29 is 24.9 Å².